The van der Waals surface area contributed by atoms with E-state index in [9.17, 15) is 0 Å². The van der Waals surface area contributed by atoms with Crippen LogP contribution in [-0.4, -0.2) is 44.4 Å². The number of rotatable bonds is 8. The molecule has 2 saturated heterocycles. The molecule has 4 rings (SSSR count). The zero-order valence-electron chi connectivity index (χ0n) is 14.8. The molecule has 2 heterocycles. The first kappa shape index (κ1) is 17.6. The van der Waals surface area contributed by atoms with E-state index in [-0.39, 0.29) is 30.7 Å². The molecule has 2 aliphatic heterocycles. The van der Waals surface area contributed by atoms with Crippen molar-refractivity contribution in [3.63, 3.8) is 0 Å². The Morgan fingerprint density at radius 3 is 2.12 bits per heavy atom. The van der Waals surface area contributed by atoms with Gasteiger partial charge in [-0.2, -0.15) is 0 Å². The molecule has 2 aromatic rings. The molecule has 0 spiro atoms. The smallest absolute Gasteiger partial charge is 0.186 e. The first-order chi connectivity index (χ1) is 12.8. The topological polar surface area (TPSA) is 49.5 Å². The molecular weight excluding hydrogens is 332 g/mol. The third-order valence-electron chi connectivity index (χ3n) is 4.74. The lowest BCUT2D eigenvalue weighted by Crippen LogP contribution is -2.49. The summed E-state index contributed by atoms with van der Waals surface area (Å²) in [5.41, 5.74) is 2.26. The lowest BCUT2D eigenvalue weighted by atomic mass is 10.0. The van der Waals surface area contributed by atoms with E-state index in [4.69, 9.17) is 23.7 Å². The zero-order valence-corrected chi connectivity index (χ0v) is 14.8. The average Bonchev–Trinajstić information content (AvgIpc) is 3.49. The summed E-state index contributed by atoms with van der Waals surface area (Å²) >= 11 is 0. The molecule has 138 valence electrons. The van der Waals surface area contributed by atoms with Crippen LogP contribution in [0.1, 0.15) is 11.1 Å². The van der Waals surface area contributed by atoms with Crippen LogP contribution >= 0.6 is 0 Å². The number of fused-ring (bicyclic) bond motifs is 1. The van der Waals surface area contributed by atoms with Crippen molar-refractivity contribution < 1.29 is 23.7 Å². The third-order valence-corrected chi connectivity index (χ3v) is 4.74. The van der Waals surface area contributed by atoms with Gasteiger partial charge in [-0.25, -0.2) is 0 Å². The summed E-state index contributed by atoms with van der Waals surface area (Å²) in [6, 6.07) is 20.2. The minimum absolute atomic E-state index is 0.00253. The van der Waals surface area contributed by atoms with Crippen LogP contribution in [0.3, 0.4) is 0 Å². The normalized spacial score (nSPS) is 30.0. The molecule has 0 aliphatic carbocycles. The molecule has 0 amide bonds. The quantitative estimate of drug-likeness (QED) is 0.681. The van der Waals surface area contributed by atoms with Crippen molar-refractivity contribution in [1.82, 2.24) is 0 Å². The molecule has 0 bridgehead atoms. The number of benzene rings is 2. The van der Waals surface area contributed by atoms with Crippen LogP contribution in [0.4, 0.5) is 0 Å². The Balaban J connectivity index is 1.35. The second kappa shape index (κ2) is 8.29. The Bertz CT molecular complexity index is 677. The molecule has 0 N–H and O–H groups in total. The fraction of sp³-hybridized carbons (Fsp3) is 0.429. The summed E-state index contributed by atoms with van der Waals surface area (Å²) in [5.74, 6) is 0. The van der Waals surface area contributed by atoms with E-state index in [1.165, 1.54) is 0 Å². The SMILES string of the molecule is CO[C@H]1OC(COCc2ccccc2)[C@@H](OCc2ccccc2)C2OC21. The minimum atomic E-state index is -0.359. The summed E-state index contributed by atoms with van der Waals surface area (Å²) in [5, 5.41) is 0. The lowest BCUT2D eigenvalue weighted by molar-refractivity contribution is -0.222. The highest BCUT2D eigenvalue weighted by Crippen LogP contribution is 2.39. The van der Waals surface area contributed by atoms with Gasteiger partial charge in [-0.05, 0) is 11.1 Å². The summed E-state index contributed by atoms with van der Waals surface area (Å²) in [6.45, 7) is 1.49. The molecule has 2 aromatic carbocycles. The maximum absolute atomic E-state index is 6.15. The number of ether oxygens (including phenoxy) is 5. The Labute approximate surface area is 153 Å². The van der Waals surface area contributed by atoms with Gasteiger partial charge in [-0.3, -0.25) is 0 Å². The van der Waals surface area contributed by atoms with Crippen molar-refractivity contribution in [2.75, 3.05) is 13.7 Å². The van der Waals surface area contributed by atoms with Gasteiger partial charge in [0.15, 0.2) is 6.29 Å². The summed E-state index contributed by atoms with van der Waals surface area (Å²) in [7, 11) is 1.64. The highest BCUT2D eigenvalue weighted by atomic mass is 16.8. The fourth-order valence-corrected chi connectivity index (χ4v) is 3.32. The molecule has 0 radical (unpaired) electrons. The van der Waals surface area contributed by atoms with Crippen LogP contribution in [-0.2, 0) is 36.9 Å². The van der Waals surface area contributed by atoms with Gasteiger partial charge in [0, 0.05) is 7.11 Å². The van der Waals surface area contributed by atoms with Crippen molar-refractivity contribution in [1.29, 1.82) is 0 Å². The molecule has 3 unspecified atom stereocenters. The second-order valence-corrected chi connectivity index (χ2v) is 6.61. The predicted octanol–water partition coefficient (Wildman–Crippen LogP) is 2.93. The van der Waals surface area contributed by atoms with E-state index in [2.05, 4.69) is 0 Å². The van der Waals surface area contributed by atoms with Crippen LogP contribution in [0.15, 0.2) is 60.7 Å². The van der Waals surface area contributed by atoms with Crippen molar-refractivity contribution >= 4 is 0 Å². The van der Waals surface area contributed by atoms with E-state index in [0.717, 1.165) is 11.1 Å². The fourth-order valence-electron chi connectivity index (χ4n) is 3.32. The molecular formula is C21H24O5. The summed E-state index contributed by atoms with van der Waals surface area (Å²) in [4.78, 5) is 0. The Hall–Kier alpha value is -1.76. The number of methoxy groups -OCH3 is 1. The first-order valence-electron chi connectivity index (χ1n) is 8.96. The van der Waals surface area contributed by atoms with Gasteiger partial charge in [0.2, 0.25) is 0 Å². The standard InChI is InChI=1S/C21H24O5/c1-22-21-20-19(26-20)18(24-13-16-10-6-3-7-11-16)17(25-21)14-23-12-15-8-4-2-5-9-15/h2-11,17-21H,12-14H2,1H3/t17?,18-,19?,20?,21+/m1/s1. The number of hydrogen-bond donors (Lipinski definition) is 0. The molecule has 5 heteroatoms. The molecule has 2 aliphatic rings. The summed E-state index contributed by atoms with van der Waals surface area (Å²) in [6.07, 6.45) is -0.797. The maximum atomic E-state index is 6.15. The maximum Gasteiger partial charge on any atom is 0.186 e. The first-order valence-corrected chi connectivity index (χ1v) is 8.96. The highest BCUT2D eigenvalue weighted by molar-refractivity contribution is 5.14. The Morgan fingerprint density at radius 1 is 0.808 bits per heavy atom. The Kier molecular flexibility index (Phi) is 5.62. The number of epoxide rings is 1. The van der Waals surface area contributed by atoms with Crippen LogP contribution in [0.25, 0.3) is 0 Å². The van der Waals surface area contributed by atoms with Crippen LogP contribution < -0.4 is 0 Å². The van der Waals surface area contributed by atoms with Crippen molar-refractivity contribution in [2.24, 2.45) is 0 Å². The molecule has 26 heavy (non-hydrogen) atoms. The zero-order chi connectivity index (χ0) is 17.8. The van der Waals surface area contributed by atoms with E-state index in [0.29, 0.717) is 19.8 Å². The van der Waals surface area contributed by atoms with Gasteiger partial charge in [0.05, 0.1) is 19.8 Å². The van der Waals surface area contributed by atoms with Gasteiger partial charge in [0.1, 0.15) is 24.4 Å². The largest absolute Gasteiger partial charge is 0.374 e. The van der Waals surface area contributed by atoms with Gasteiger partial charge in [0.25, 0.3) is 0 Å². The van der Waals surface area contributed by atoms with E-state index < -0.39 is 0 Å². The van der Waals surface area contributed by atoms with Gasteiger partial charge < -0.3 is 23.7 Å². The van der Waals surface area contributed by atoms with E-state index in [1.54, 1.807) is 7.11 Å². The Morgan fingerprint density at radius 2 is 1.46 bits per heavy atom. The van der Waals surface area contributed by atoms with Gasteiger partial charge in [-0.1, -0.05) is 60.7 Å². The van der Waals surface area contributed by atoms with Crippen molar-refractivity contribution in [3.8, 4) is 0 Å². The van der Waals surface area contributed by atoms with E-state index >= 15 is 0 Å². The highest BCUT2D eigenvalue weighted by Gasteiger charge is 2.58. The molecule has 0 aromatic heterocycles. The van der Waals surface area contributed by atoms with Gasteiger partial charge in [-0.15, -0.1) is 0 Å². The lowest BCUT2D eigenvalue weighted by Gasteiger charge is -2.32. The van der Waals surface area contributed by atoms with Crippen LogP contribution in [0.2, 0.25) is 0 Å². The average molecular weight is 356 g/mol. The van der Waals surface area contributed by atoms with Crippen molar-refractivity contribution in [2.45, 2.75) is 43.9 Å². The molecule has 2 fully saturated rings. The van der Waals surface area contributed by atoms with Crippen molar-refractivity contribution in [3.05, 3.63) is 71.8 Å². The van der Waals surface area contributed by atoms with Crippen LogP contribution in [0.5, 0.6) is 0 Å². The minimum Gasteiger partial charge on any atom is -0.374 e. The molecule has 5 atom stereocenters. The third kappa shape index (κ3) is 4.14. The molecule has 5 nitrogen and oxygen atoms in total. The predicted molar refractivity (Wildman–Crippen MR) is 95.4 cm³/mol. The monoisotopic (exact) mass is 356 g/mol. The number of hydrogen-bond acceptors (Lipinski definition) is 5. The molecule has 0 saturated carbocycles. The summed E-state index contributed by atoms with van der Waals surface area (Å²) < 4.78 is 29.2. The van der Waals surface area contributed by atoms with Crippen LogP contribution in [0, 0.1) is 0 Å². The van der Waals surface area contributed by atoms with Gasteiger partial charge >= 0.3 is 0 Å². The second-order valence-electron chi connectivity index (χ2n) is 6.61. The van der Waals surface area contributed by atoms with E-state index in [1.807, 2.05) is 60.7 Å².